The van der Waals surface area contributed by atoms with Crippen LogP contribution in [0.15, 0.2) is 23.1 Å². The predicted octanol–water partition coefficient (Wildman–Crippen LogP) is 1.52. The van der Waals surface area contributed by atoms with E-state index in [1.54, 1.807) is 13.1 Å². The lowest BCUT2D eigenvalue weighted by Gasteiger charge is -2.29. The van der Waals surface area contributed by atoms with Gasteiger partial charge >= 0.3 is 0 Å². The summed E-state index contributed by atoms with van der Waals surface area (Å²) in [6.07, 6.45) is 0. The third-order valence-electron chi connectivity index (χ3n) is 3.52. The monoisotopic (exact) mass is 351 g/mol. The van der Waals surface area contributed by atoms with Crippen LogP contribution in [0, 0.1) is 0 Å². The second-order valence-corrected chi connectivity index (χ2v) is 7.85. The van der Waals surface area contributed by atoms with Crippen molar-refractivity contribution in [2.45, 2.75) is 4.90 Å². The Balaban J connectivity index is 2.05. The molecule has 0 aliphatic carbocycles. The van der Waals surface area contributed by atoms with Crippen molar-refractivity contribution < 1.29 is 8.42 Å². The molecule has 1 saturated heterocycles. The van der Waals surface area contributed by atoms with Gasteiger partial charge in [0.05, 0.1) is 5.02 Å². The molecule has 0 aromatic heterocycles. The van der Waals surface area contributed by atoms with Gasteiger partial charge in [0.25, 0.3) is 0 Å². The number of nitrogens with zero attached hydrogens (tertiary/aromatic N) is 2. The molecule has 1 fully saturated rings. The van der Waals surface area contributed by atoms with Crippen LogP contribution in [0.5, 0.6) is 0 Å². The molecule has 1 heterocycles. The fourth-order valence-corrected chi connectivity index (χ4v) is 4.07. The van der Waals surface area contributed by atoms with Gasteiger partial charge in [-0.25, -0.2) is 8.42 Å². The van der Waals surface area contributed by atoms with E-state index >= 15 is 0 Å². The van der Waals surface area contributed by atoms with E-state index in [0.29, 0.717) is 18.1 Å². The summed E-state index contributed by atoms with van der Waals surface area (Å²) < 4.78 is 26.4. The molecule has 1 aromatic carbocycles. The minimum Gasteiger partial charge on any atom is -0.314 e. The van der Waals surface area contributed by atoms with E-state index in [2.05, 4.69) is 10.2 Å². The molecular formula is C13H19Cl2N3O2S. The van der Waals surface area contributed by atoms with Crippen LogP contribution in [-0.2, 0) is 10.0 Å². The number of likely N-dealkylation sites (N-methyl/N-ethyl adjacent to an activating group) is 1. The molecule has 0 radical (unpaired) electrons. The molecule has 8 heteroatoms. The normalized spacial score (nSPS) is 17.3. The number of piperazine rings is 1. The van der Waals surface area contributed by atoms with Gasteiger partial charge in [-0.15, -0.1) is 0 Å². The zero-order chi connectivity index (χ0) is 15.5. The number of rotatable bonds is 5. The number of benzene rings is 1. The van der Waals surface area contributed by atoms with Gasteiger partial charge in [0.15, 0.2) is 0 Å². The van der Waals surface area contributed by atoms with Gasteiger partial charge in [-0.05, 0) is 18.2 Å². The lowest BCUT2D eigenvalue weighted by atomic mass is 10.3. The topological polar surface area (TPSA) is 52.6 Å². The maximum absolute atomic E-state index is 12.5. The molecule has 0 amide bonds. The van der Waals surface area contributed by atoms with Crippen LogP contribution in [0.2, 0.25) is 10.0 Å². The highest BCUT2D eigenvalue weighted by Gasteiger charge is 2.24. The second kappa shape index (κ2) is 7.26. The van der Waals surface area contributed by atoms with E-state index in [1.807, 2.05) is 0 Å². The summed E-state index contributed by atoms with van der Waals surface area (Å²) in [5, 5.41) is 3.81. The smallest absolute Gasteiger partial charge is 0.244 e. The lowest BCUT2D eigenvalue weighted by molar-refractivity contribution is 0.229. The average molecular weight is 352 g/mol. The molecule has 2 rings (SSSR count). The van der Waals surface area contributed by atoms with Crippen molar-refractivity contribution >= 4 is 33.2 Å². The van der Waals surface area contributed by atoms with Crippen LogP contribution in [-0.4, -0.2) is 63.9 Å². The van der Waals surface area contributed by atoms with Crippen LogP contribution < -0.4 is 5.32 Å². The highest BCUT2D eigenvalue weighted by Crippen LogP contribution is 2.27. The Kier molecular flexibility index (Phi) is 5.88. The molecule has 1 aromatic rings. The molecule has 1 aliphatic rings. The summed E-state index contributed by atoms with van der Waals surface area (Å²) in [5.41, 5.74) is 0. The van der Waals surface area contributed by atoms with E-state index in [1.165, 1.54) is 16.4 Å². The van der Waals surface area contributed by atoms with Gasteiger partial charge in [-0.2, -0.15) is 4.31 Å². The summed E-state index contributed by atoms with van der Waals surface area (Å²) >= 11 is 11.9. The maximum Gasteiger partial charge on any atom is 0.244 e. The first-order valence-corrected chi connectivity index (χ1v) is 8.95. The summed E-state index contributed by atoms with van der Waals surface area (Å²) in [6, 6.07) is 4.46. The summed E-state index contributed by atoms with van der Waals surface area (Å²) in [7, 11) is -2.05. The third kappa shape index (κ3) is 4.31. The Morgan fingerprint density at radius 3 is 2.62 bits per heavy atom. The number of nitrogens with one attached hydrogen (secondary N) is 1. The van der Waals surface area contributed by atoms with E-state index in [9.17, 15) is 8.42 Å². The van der Waals surface area contributed by atoms with Crippen LogP contribution >= 0.6 is 23.2 Å². The maximum atomic E-state index is 12.5. The van der Waals surface area contributed by atoms with Crippen molar-refractivity contribution in [1.82, 2.24) is 14.5 Å². The van der Waals surface area contributed by atoms with Crippen molar-refractivity contribution in [1.29, 1.82) is 0 Å². The minimum absolute atomic E-state index is 0.0551. The van der Waals surface area contributed by atoms with Gasteiger partial charge in [0, 0.05) is 51.3 Å². The number of hydrogen-bond acceptors (Lipinski definition) is 4. The van der Waals surface area contributed by atoms with Crippen molar-refractivity contribution in [3.8, 4) is 0 Å². The van der Waals surface area contributed by atoms with Crippen LogP contribution in [0.25, 0.3) is 0 Å². The first-order valence-electron chi connectivity index (χ1n) is 6.76. The first kappa shape index (κ1) is 17.0. The molecule has 0 saturated carbocycles. The SMILES string of the molecule is CN(CCN1CCNCC1)S(=O)(=O)c1cc(Cl)ccc1Cl. The molecule has 0 unspecified atom stereocenters. The molecular weight excluding hydrogens is 333 g/mol. The highest BCUT2D eigenvalue weighted by molar-refractivity contribution is 7.89. The second-order valence-electron chi connectivity index (χ2n) is 4.99. The number of halogens is 2. The van der Waals surface area contributed by atoms with Gasteiger partial charge in [-0.3, -0.25) is 4.90 Å². The number of sulfonamides is 1. The Bertz CT molecular complexity index is 589. The van der Waals surface area contributed by atoms with Crippen molar-refractivity contribution in [2.75, 3.05) is 46.3 Å². The quantitative estimate of drug-likeness (QED) is 0.873. The fraction of sp³-hybridized carbons (Fsp3) is 0.538. The zero-order valence-corrected chi connectivity index (χ0v) is 14.2. The number of hydrogen-bond donors (Lipinski definition) is 1. The molecule has 5 nitrogen and oxygen atoms in total. The van der Waals surface area contributed by atoms with E-state index in [4.69, 9.17) is 23.2 Å². The van der Waals surface area contributed by atoms with Crippen LogP contribution in [0.3, 0.4) is 0 Å². The van der Waals surface area contributed by atoms with Gasteiger partial charge in [-0.1, -0.05) is 23.2 Å². The molecule has 1 aliphatic heterocycles. The van der Waals surface area contributed by atoms with E-state index < -0.39 is 10.0 Å². The third-order valence-corrected chi connectivity index (χ3v) is 6.10. The standard InChI is InChI=1S/C13H19Cl2N3O2S/c1-17(8-9-18-6-4-16-5-7-18)21(19,20)13-10-11(14)2-3-12(13)15/h2-3,10,16H,4-9H2,1H3. The Labute approximate surface area is 135 Å². The molecule has 0 spiro atoms. The highest BCUT2D eigenvalue weighted by atomic mass is 35.5. The first-order chi connectivity index (χ1) is 9.91. The Morgan fingerprint density at radius 1 is 1.29 bits per heavy atom. The molecule has 0 bridgehead atoms. The average Bonchev–Trinajstić information content (AvgIpc) is 2.48. The van der Waals surface area contributed by atoms with Gasteiger partial charge in [0.2, 0.25) is 10.0 Å². The van der Waals surface area contributed by atoms with Crippen LogP contribution in [0.1, 0.15) is 0 Å². The van der Waals surface area contributed by atoms with Crippen LogP contribution in [0.4, 0.5) is 0 Å². The van der Waals surface area contributed by atoms with E-state index in [0.717, 1.165) is 26.2 Å². The van der Waals surface area contributed by atoms with Gasteiger partial charge in [0.1, 0.15) is 4.90 Å². The minimum atomic E-state index is -3.62. The van der Waals surface area contributed by atoms with Crippen molar-refractivity contribution in [3.63, 3.8) is 0 Å². The Morgan fingerprint density at radius 2 is 1.95 bits per heavy atom. The Hall–Kier alpha value is -0.370. The largest absolute Gasteiger partial charge is 0.314 e. The molecule has 21 heavy (non-hydrogen) atoms. The lowest BCUT2D eigenvalue weighted by Crippen LogP contribution is -2.46. The zero-order valence-electron chi connectivity index (χ0n) is 11.8. The molecule has 118 valence electrons. The summed E-state index contributed by atoms with van der Waals surface area (Å²) in [6.45, 7) is 4.88. The van der Waals surface area contributed by atoms with E-state index in [-0.39, 0.29) is 9.92 Å². The summed E-state index contributed by atoms with van der Waals surface area (Å²) in [4.78, 5) is 2.29. The summed E-state index contributed by atoms with van der Waals surface area (Å²) in [5.74, 6) is 0. The molecule has 0 atom stereocenters. The predicted molar refractivity (Wildman–Crippen MR) is 85.6 cm³/mol. The van der Waals surface area contributed by atoms with Gasteiger partial charge < -0.3 is 5.32 Å². The molecule has 1 N–H and O–H groups in total. The van der Waals surface area contributed by atoms with Crippen molar-refractivity contribution in [2.24, 2.45) is 0 Å². The fourth-order valence-electron chi connectivity index (χ4n) is 2.18. The van der Waals surface area contributed by atoms with Crippen molar-refractivity contribution in [3.05, 3.63) is 28.2 Å².